The van der Waals surface area contributed by atoms with Gasteiger partial charge in [0.2, 0.25) is 0 Å². The molecular formula is C13H18FNO2. The standard InChI is InChI=1S/C13H18FNO2/c1-16-10-3-4-12(17-2)11(9-10)13(14)5-7-15-8-6-13/h3-4,9,15H,5-8H2,1-2H3. The number of alkyl halides is 1. The maximum Gasteiger partial charge on any atom is 0.142 e. The lowest BCUT2D eigenvalue weighted by Crippen LogP contribution is -2.36. The summed E-state index contributed by atoms with van der Waals surface area (Å²) < 4.78 is 25.3. The molecule has 0 aromatic heterocycles. The first-order chi connectivity index (χ1) is 8.19. The van der Waals surface area contributed by atoms with Gasteiger partial charge in [-0.1, -0.05) is 0 Å². The molecule has 1 aromatic carbocycles. The van der Waals surface area contributed by atoms with E-state index in [-0.39, 0.29) is 0 Å². The van der Waals surface area contributed by atoms with E-state index in [1.807, 2.05) is 0 Å². The molecule has 1 saturated heterocycles. The van der Waals surface area contributed by atoms with Crippen LogP contribution in [0.3, 0.4) is 0 Å². The van der Waals surface area contributed by atoms with Gasteiger partial charge in [0.1, 0.15) is 17.2 Å². The number of rotatable bonds is 3. The quantitative estimate of drug-likeness (QED) is 0.877. The van der Waals surface area contributed by atoms with E-state index in [2.05, 4.69) is 5.32 Å². The van der Waals surface area contributed by atoms with Crippen molar-refractivity contribution in [2.75, 3.05) is 27.3 Å². The summed E-state index contributed by atoms with van der Waals surface area (Å²) in [7, 11) is 3.15. The fraction of sp³-hybridized carbons (Fsp3) is 0.538. The molecule has 0 aliphatic carbocycles. The zero-order chi connectivity index (χ0) is 12.3. The summed E-state index contributed by atoms with van der Waals surface area (Å²) >= 11 is 0. The summed E-state index contributed by atoms with van der Waals surface area (Å²) in [6.45, 7) is 1.38. The second-order valence-corrected chi connectivity index (χ2v) is 4.28. The number of hydrogen-bond donors (Lipinski definition) is 1. The summed E-state index contributed by atoms with van der Waals surface area (Å²) in [5, 5.41) is 3.16. The van der Waals surface area contributed by atoms with Gasteiger partial charge in [-0.25, -0.2) is 4.39 Å². The van der Waals surface area contributed by atoms with Crippen LogP contribution in [0.2, 0.25) is 0 Å². The second kappa shape index (κ2) is 4.92. The third-order valence-corrected chi connectivity index (χ3v) is 3.29. The van der Waals surface area contributed by atoms with Gasteiger partial charge < -0.3 is 14.8 Å². The Labute approximate surface area is 101 Å². The molecule has 1 aliphatic rings. The average molecular weight is 239 g/mol. The SMILES string of the molecule is COc1ccc(OC)c(C2(F)CCNCC2)c1. The predicted molar refractivity (Wildman–Crippen MR) is 64.4 cm³/mol. The van der Waals surface area contributed by atoms with Gasteiger partial charge in [0, 0.05) is 5.56 Å². The first kappa shape index (κ1) is 12.2. The fourth-order valence-electron chi connectivity index (χ4n) is 2.26. The van der Waals surface area contributed by atoms with E-state index in [0.29, 0.717) is 43.0 Å². The molecule has 1 fully saturated rings. The fourth-order valence-corrected chi connectivity index (χ4v) is 2.26. The van der Waals surface area contributed by atoms with Crippen LogP contribution < -0.4 is 14.8 Å². The Morgan fingerprint density at radius 3 is 2.47 bits per heavy atom. The van der Waals surface area contributed by atoms with Crippen LogP contribution in [0, 0.1) is 0 Å². The van der Waals surface area contributed by atoms with Gasteiger partial charge in [-0.3, -0.25) is 0 Å². The normalized spacial score (nSPS) is 18.8. The monoisotopic (exact) mass is 239 g/mol. The molecule has 4 heteroatoms. The third kappa shape index (κ3) is 2.36. The van der Waals surface area contributed by atoms with Crippen molar-refractivity contribution in [2.24, 2.45) is 0 Å². The number of piperidine rings is 1. The van der Waals surface area contributed by atoms with Crippen LogP contribution in [-0.4, -0.2) is 27.3 Å². The average Bonchev–Trinajstić information content (AvgIpc) is 2.39. The minimum atomic E-state index is -1.31. The lowest BCUT2D eigenvalue weighted by Gasteiger charge is -2.31. The first-order valence-corrected chi connectivity index (χ1v) is 5.82. The van der Waals surface area contributed by atoms with E-state index in [1.165, 1.54) is 0 Å². The summed E-state index contributed by atoms with van der Waals surface area (Å²) in [6, 6.07) is 5.29. The minimum absolute atomic E-state index is 0.469. The second-order valence-electron chi connectivity index (χ2n) is 4.28. The van der Waals surface area contributed by atoms with Crippen molar-refractivity contribution in [1.82, 2.24) is 5.32 Å². The Bertz CT molecular complexity index is 389. The number of nitrogens with one attached hydrogen (secondary N) is 1. The Hall–Kier alpha value is -1.29. The summed E-state index contributed by atoms with van der Waals surface area (Å²) in [5.41, 5.74) is -0.716. The van der Waals surface area contributed by atoms with Gasteiger partial charge in [0.15, 0.2) is 0 Å². The molecule has 0 atom stereocenters. The molecule has 1 aliphatic heterocycles. The maximum atomic E-state index is 14.9. The van der Waals surface area contributed by atoms with Crippen LogP contribution in [0.5, 0.6) is 11.5 Å². The third-order valence-electron chi connectivity index (χ3n) is 3.29. The summed E-state index contributed by atoms with van der Waals surface area (Å²) in [5.74, 6) is 1.26. The van der Waals surface area contributed by atoms with Crippen molar-refractivity contribution >= 4 is 0 Å². The van der Waals surface area contributed by atoms with E-state index in [0.717, 1.165) is 0 Å². The molecule has 0 amide bonds. The van der Waals surface area contributed by atoms with Gasteiger partial charge >= 0.3 is 0 Å². The number of methoxy groups -OCH3 is 2. The van der Waals surface area contributed by atoms with Gasteiger partial charge in [-0.05, 0) is 44.1 Å². The lowest BCUT2D eigenvalue weighted by molar-refractivity contribution is 0.111. The minimum Gasteiger partial charge on any atom is -0.497 e. The highest BCUT2D eigenvalue weighted by Crippen LogP contribution is 2.41. The van der Waals surface area contributed by atoms with E-state index in [1.54, 1.807) is 32.4 Å². The molecule has 2 rings (SSSR count). The van der Waals surface area contributed by atoms with E-state index < -0.39 is 5.67 Å². The van der Waals surface area contributed by atoms with Crippen LogP contribution in [0.1, 0.15) is 18.4 Å². The Morgan fingerprint density at radius 1 is 1.18 bits per heavy atom. The molecule has 0 spiro atoms. The largest absolute Gasteiger partial charge is 0.497 e. The van der Waals surface area contributed by atoms with Crippen molar-refractivity contribution in [3.05, 3.63) is 23.8 Å². The molecule has 1 heterocycles. The summed E-state index contributed by atoms with van der Waals surface area (Å²) in [4.78, 5) is 0. The van der Waals surface area contributed by atoms with Crippen LogP contribution in [0.15, 0.2) is 18.2 Å². The first-order valence-electron chi connectivity index (χ1n) is 5.82. The lowest BCUT2D eigenvalue weighted by atomic mass is 9.86. The zero-order valence-electron chi connectivity index (χ0n) is 10.3. The highest BCUT2D eigenvalue weighted by Gasteiger charge is 2.36. The van der Waals surface area contributed by atoms with E-state index in [9.17, 15) is 4.39 Å². The highest BCUT2D eigenvalue weighted by atomic mass is 19.1. The Kier molecular flexibility index (Phi) is 3.52. The number of ether oxygens (including phenoxy) is 2. The van der Waals surface area contributed by atoms with E-state index in [4.69, 9.17) is 9.47 Å². The molecule has 1 N–H and O–H groups in total. The topological polar surface area (TPSA) is 30.5 Å². The van der Waals surface area contributed by atoms with Gasteiger partial charge in [0.25, 0.3) is 0 Å². The summed E-state index contributed by atoms with van der Waals surface area (Å²) in [6.07, 6.45) is 0.938. The van der Waals surface area contributed by atoms with Gasteiger partial charge in [-0.15, -0.1) is 0 Å². The van der Waals surface area contributed by atoms with Crippen molar-refractivity contribution < 1.29 is 13.9 Å². The smallest absolute Gasteiger partial charge is 0.142 e. The number of hydrogen-bond acceptors (Lipinski definition) is 3. The molecule has 0 saturated carbocycles. The Balaban J connectivity index is 2.40. The van der Waals surface area contributed by atoms with E-state index >= 15 is 0 Å². The maximum absolute atomic E-state index is 14.9. The van der Waals surface area contributed by atoms with Crippen molar-refractivity contribution in [3.8, 4) is 11.5 Å². The molecule has 1 aromatic rings. The van der Waals surface area contributed by atoms with Crippen molar-refractivity contribution in [3.63, 3.8) is 0 Å². The molecule has 0 radical (unpaired) electrons. The number of benzene rings is 1. The Morgan fingerprint density at radius 2 is 1.88 bits per heavy atom. The van der Waals surface area contributed by atoms with Crippen LogP contribution in [-0.2, 0) is 5.67 Å². The zero-order valence-corrected chi connectivity index (χ0v) is 10.3. The van der Waals surface area contributed by atoms with Crippen LogP contribution >= 0.6 is 0 Å². The van der Waals surface area contributed by atoms with Crippen molar-refractivity contribution in [2.45, 2.75) is 18.5 Å². The molecule has 94 valence electrons. The molecular weight excluding hydrogens is 221 g/mol. The van der Waals surface area contributed by atoms with Crippen LogP contribution in [0.4, 0.5) is 4.39 Å². The van der Waals surface area contributed by atoms with Gasteiger partial charge in [-0.2, -0.15) is 0 Å². The molecule has 0 unspecified atom stereocenters. The number of halogens is 1. The van der Waals surface area contributed by atoms with Crippen LogP contribution in [0.25, 0.3) is 0 Å². The molecule has 0 bridgehead atoms. The van der Waals surface area contributed by atoms with Gasteiger partial charge in [0.05, 0.1) is 14.2 Å². The molecule has 3 nitrogen and oxygen atoms in total. The molecule has 17 heavy (non-hydrogen) atoms. The highest BCUT2D eigenvalue weighted by molar-refractivity contribution is 5.44. The van der Waals surface area contributed by atoms with Crippen molar-refractivity contribution in [1.29, 1.82) is 0 Å². The predicted octanol–water partition coefficient (Wildman–Crippen LogP) is 2.25.